The van der Waals surface area contributed by atoms with Crippen molar-refractivity contribution in [3.05, 3.63) is 36.9 Å². The Morgan fingerprint density at radius 1 is 1.07 bits per heavy atom. The summed E-state index contributed by atoms with van der Waals surface area (Å²) in [5.41, 5.74) is 0. The largest absolute Gasteiger partial charge is 0.252 e. The molecule has 0 spiro atoms. The van der Waals surface area contributed by atoms with Crippen LogP contribution >= 0.6 is 0 Å². The third-order valence-electron chi connectivity index (χ3n) is 2.44. The van der Waals surface area contributed by atoms with Crippen LogP contribution in [-0.4, -0.2) is 9.13 Å². The second-order valence-corrected chi connectivity index (χ2v) is 3.81. The average Bonchev–Trinajstić information content (AvgIpc) is 2.68. The first-order valence-corrected chi connectivity index (χ1v) is 4.95. The van der Waals surface area contributed by atoms with Gasteiger partial charge in [0.2, 0.25) is 6.33 Å². The Bertz CT molecular complexity index is 389. The lowest BCUT2D eigenvalue weighted by Gasteiger charge is -1.84. The van der Waals surface area contributed by atoms with Crippen molar-refractivity contribution < 1.29 is 9.13 Å². The maximum Gasteiger partial charge on any atom is 0.252 e. The number of hydrogen-bond acceptors (Lipinski definition) is 0. The van der Waals surface area contributed by atoms with Gasteiger partial charge in [0.1, 0.15) is 24.8 Å². The molecule has 0 fully saturated rings. The fourth-order valence-electron chi connectivity index (χ4n) is 1.24. The van der Waals surface area contributed by atoms with E-state index in [9.17, 15) is 0 Å². The summed E-state index contributed by atoms with van der Waals surface area (Å²) in [6, 6.07) is 0. The summed E-state index contributed by atoms with van der Waals surface area (Å²) in [7, 11) is 8.07. The highest BCUT2D eigenvalue weighted by Gasteiger charge is 2.00. The van der Waals surface area contributed by atoms with Crippen LogP contribution in [-0.2, 0) is 28.2 Å². The molecule has 82 valence electrons. The second kappa shape index (κ2) is 4.77. The van der Waals surface area contributed by atoms with E-state index in [2.05, 4.69) is 16.1 Å². The van der Waals surface area contributed by atoms with Crippen molar-refractivity contribution in [1.82, 2.24) is 9.13 Å². The molecule has 0 radical (unpaired) electrons. The zero-order valence-electron chi connectivity index (χ0n) is 10.2. The van der Waals surface area contributed by atoms with E-state index < -0.39 is 0 Å². The fraction of sp³-hybridized carbons (Fsp3) is 0.455. The van der Waals surface area contributed by atoms with Gasteiger partial charge >= 0.3 is 0 Å². The summed E-state index contributed by atoms with van der Waals surface area (Å²) in [4.78, 5) is 0. The van der Waals surface area contributed by atoms with E-state index in [1.165, 1.54) is 5.82 Å². The highest BCUT2D eigenvalue weighted by molar-refractivity contribution is 4.75. The van der Waals surface area contributed by atoms with Crippen LogP contribution in [0.4, 0.5) is 0 Å². The molecule has 0 atom stereocenters. The predicted octanol–water partition coefficient (Wildman–Crippen LogP) is 0.00762. The van der Waals surface area contributed by atoms with Crippen LogP contribution in [0.5, 0.6) is 0 Å². The molecule has 4 nitrogen and oxygen atoms in total. The van der Waals surface area contributed by atoms with Gasteiger partial charge in [-0.25, -0.2) is 18.3 Å². The van der Waals surface area contributed by atoms with E-state index in [0.717, 1.165) is 0 Å². The third kappa shape index (κ3) is 3.23. The first-order chi connectivity index (χ1) is 7.00. The van der Waals surface area contributed by atoms with Crippen molar-refractivity contribution in [3.63, 3.8) is 0 Å². The summed E-state index contributed by atoms with van der Waals surface area (Å²) in [5, 5.41) is 0. The number of rotatable bonds is 0. The molecule has 0 aliphatic heterocycles. The Morgan fingerprint density at radius 3 is 1.87 bits per heavy atom. The highest BCUT2D eigenvalue weighted by Crippen LogP contribution is 1.84. The maximum atomic E-state index is 2.08. The summed E-state index contributed by atoms with van der Waals surface area (Å²) in [6.07, 6.45) is 10.1. The molecule has 2 aromatic rings. The molecule has 15 heavy (non-hydrogen) atoms. The molecule has 0 amide bonds. The van der Waals surface area contributed by atoms with Crippen LogP contribution in [0.15, 0.2) is 31.1 Å². The molecule has 0 saturated heterocycles. The Kier molecular flexibility index (Phi) is 3.66. The van der Waals surface area contributed by atoms with Crippen molar-refractivity contribution in [2.24, 2.45) is 28.2 Å². The van der Waals surface area contributed by atoms with Crippen molar-refractivity contribution in [2.75, 3.05) is 0 Å². The molecule has 2 heterocycles. The van der Waals surface area contributed by atoms with Gasteiger partial charge in [-0.15, -0.1) is 0 Å². The smallest absolute Gasteiger partial charge is 0.240 e. The van der Waals surface area contributed by atoms with Crippen LogP contribution in [0.25, 0.3) is 0 Å². The number of hydrogen-bond donors (Lipinski definition) is 0. The number of aryl methyl sites for hydroxylation is 4. The van der Waals surface area contributed by atoms with Gasteiger partial charge in [0.05, 0.1) is 28.2 Å². The van der Waals surface area contributed by atoms with Crippen LogP contribution < -0.4 is 9.13 Å². The summed E-state index contributed by atoms with van der Waals surface area (Å²) < 4.78 is 8.17. The molecular weight excluding hydrogens is 188 g/mol. The summed E-state index contributed by atoms with van der Waals surface area (Å²) in [6.45, 7) is 2.08. The van der Waals surface area contributed by atoms with E-state index in [1.807, 2.05) is 68.4 Å². The number of imidazole rings is 2. The third-order valence-corrected chi connectivity index (χ3v) is 2.44. The summed E-state index contributed by atoms with van der Waals surface area (Å²) in [5.74, 6) is 1.27. The number of nitrogens with zero attached hydrogens (tertiary/aromatic N) is 4. The van der Waals surface area contributed by atoms with E-state index in [1.54, 1.807) is 0 Å². The molecule has 2 rings (SSSR count). The second-order valence-electron chi connectivity index (χ2n) is 3.81. The minimum absolute atomic E-state index is 1.27. The molecular formula is C11H20N4+2. The van der Waals surface area contributed by atoms with Crippen LogP contribution in [0.3, 0.4) is 0 Å². The van der Waals surface area contributed by atoms with E-state index in [-0.39, 0.29) is 0 Å². The van der Waals surface area contributed by atoms with E-state index >= 15 is 0 Å². The van der Waals surface area contributed by atoms with Gasteiger partial charge in [-0.05, 0) is 0 Å². The topological polar surface area (TPSA) is 17.6 Å². The lowest BCUT2D eigenvalue weighted by atomic mass is 10.7. The standard InChI is InChI=1S/C6H11N2.C5H9N2/c1-6-7(2)4-5-8(6)3;1-6-3-4-7(2)5-6/h4-5H,1-3H3;3-5H,1-2H3/q2*+1. The van der Waals surface area contributed by atoms with E-state index in [4.69, 9.17) is 0 Å². The minimum Gasteiger partial charge on any atom is -0.240 e. The molecule has 0 aliphatic rings. The zero-order valence-corrected chi connectivity index (χ0v) is 10.2. The van der Waals surface area contributed by atoms with Crippen molar-refractivity contribution >= 4 is 0 Å². The maximum absolute atomic E-state index is 2.08. The van der Waals surface area contributed by atoms with Gasteiger partial charge in [0.15, 0.2) is 0 Å². The number of aromatic nitrogens is 4. The van der Waals surface area contributed by atoms with Crippen molar-refractivity contribution in [1.29, 1.82) is 0 Å². The van der Waals surface area contributed by atoms with Gasteiger partial charge in [-0.1, -0.05) is 0 Å². The molecule has 0 saturated carbocycles. The Balaban J connectivity index is 0.000000151. The molecule has 0 bridgehead atoms. The Hall–Kier alpha value is -1.58. The quantitative estimate of drug-likeness (QED) is 0.543. The van der Waals surface area contributed by atoms with Crippen LogP contribution in [0.1, 0.15) is 5.82 Å². The molecule has 0 N–H and O–H groups in total. The normalized spacial score (nSPS) is 9.67. The van der Waals surface area contributed by atoms with Gasteiger partial charge < -0.3 is 0 Å². The molecule has 0 aliphatic carbocycles. The first-order valence-electron chi connectivity index (χ1n) is 4.95. The molecule has 4 heteroatoms. The zero-order chi connectivity index (χ0) is 11.4. The Labute approximate surface area is 91.0 Å². The average molecular weight is 208 g/mol. The fourth-order valence-corrected chi connectivity index (χ4v) is 1.24. The Morgan fingerprint density at radius 2 is 1.73 bits per heavy atom. The van der Waals surface area contributed by atoms with Gasteiger partial charge in [-0.2, -0.15) is 0 Å². The summed E-state index contributed by atoms with van der Waals surface area (Å²) >= 11 is 0. The minimum atomic E-state index is 1.27. The molecule has 2 aromatic heterocycles. The van der Waals surface area contributed by atoms with Crippen LogP contribution in [0, 0.1) is 6.92 Å². The molecule has 0 unspecified atom stereocenters. The van der Waals surface area contributed by atoms with Gasteiger partial charge in [-0.3, -0.25) is 0 Å². The SMILES string of the molecule is Cc1n(C)cc[n+]1C.Cn1cc[n+](C)c1. The first kappa shape index (κ1) is 11.5. The lowest BCUT2D eigenvalue weighted by molar-refractivity contribution is -0.677. The van der Waals surface area contributed by atoms with Gasteiger partial charge in [0, 0.05) is 6.92 Å². The van der Waals surface area contributed by atoms with Gasteiger partial charge in [0.25, 0.3) is 5.82 Å². The van der Waals surface area contributed by atoms with Crippen molar-refractivity contribution in [2.45, 2.75) is 6.92 Å². The predicted molar refractivity (Wildman–Crippen MR) is 57.9 cm³/mol. The monoisotopic (exact) mass is 208 g/mol. The highest BCUT2D eigenvalue weighted by atomic mass is 15.1. The lowest BCUT2D eigenvalue weighted by Crippen LogP contribution is -2.29. The van der Waals surface area contributed by atoms with Crippen molar-refractivity contribution in [3.8, 4) is 0 Å². The van der Waals surface area contributed by atoms with E-state index in [0.29, 0.717) is 0 Å². The molecule has 0 aromatic carbocycles. The van der Waals surface area contributed by atoms with Crippen LogP contribution in [0.2, 0.25) is 0 Å².